The Kier molecular flexibility index (Phi) is 5.41. The van der Waals surface area contributed by atoms with Crippen molar-refractivity contribution in [2.45, 2.75) is 18.9 Å². The van der Waals surface area contributed by atoms with Gasteiger partial charge in [0.1, 0.15) is 5.75 Å². The van der Waals surface area contributed by atoms with E-state index in [0.717, 1.165) is 19.4 Å². The molecule has 3 N–H and O–H groups in total. The first kappa shape index (κ1) is 15.6. The molecule has 1 aromatic rings. The molecule has 2 rings (SSSR count). The van der Waals surface area contributed by atoms with Crippen molar-refractivity contribution in [1.82, 2.24) is 5.32 Å². The highest BCUT2D eigenvalue weighted by Gasteiger charge is 2.17. The molecule has 6 nitrogen and oxygen atoms in total. The number of hydrogen-bond acceptors (Lipinski definition) is 4. The fourth-order valence-corrected chi connectivity index (χ4v) is 2.22. The third-order valence-electron chi connectivity index (χ3n) is 3.12. The van der Waals surface area contributed by atoms with Crippen molar-refractivity contribution < 1.29 is 19.1 Å². The molecule has 2 amide bonds. The van der Waals surface area contributed by atoms with Crippen molar-refractivity contribution >= 4 is 23.4 Å². The Morgan fingerprint density at radius 2 is 2.29 bits per heavy atom. The Morgan fingerprint density at radius 1 is 1.48 bits per heavy atom. The topological polar surface area (TPSA) is 90.7 Å². The minimum Gasteiger partial charge on any atom is -0.483 e. The summed E-state index contributed by atoms with van der Waals surface area (Å²) in [6.07, 6.45) is 2.04. The van der Waals surface area contributed by atoms with Crippen LogP contribution in [0.4, 0.5) is 0 Å². The number of benzene rings is 1. The predicted molar refractivity (Wildman–Crippen MR) is 77.4 cm³/mol. The van der Waals surface area contributed by atoms with Gasteiger partial charge in [0.2, 0.25) is 0 Å². The van der Waals surface area contributed by atoms with Crippen LogP contribution < -0.4 is 15.8 Å². The zero-order valence-corrected chi connectivity index (χ0v) is 12.2. The van der Waals surface area contributed by atoms with Gasteiger partial charge >= 0.3 is 0 Å². The van der Waals surface area contributed by atoms with Gasteiger partial charge in [0, 0.05) is 18.2 Å². The van der Waals surface area contributed by atoms with Gasteiger partial charge in [-0.1, -0.05) is 11.6 Å². The average molecular weight is 313 g/mol. The minimum atomic E-state index is -0.660. The summed E-state index contributed by atoms with van der Waals surface area (Å²) in [4.78, 5) is 23.0. The number of carbonyl (C=O) groups is 2. The summed E-state index contributed by atoms with van der Waals surface area (Å²) < 4.78 is 10.7. The smallest absolute Gasteiger partial charge is 0.258 e. The number of nitrogens with two attached hydrogens (primary N) is 1. The van der Waals surface area contributed by atoms with Crippen LogP contribution in [0.1, 0.15) is 23.2 Å². The van der Waals surface area contributed by atoms with Crippen molar-refractivity contribution in [2.24, 2.45) is 5.73 Å². The van der Waals surface area contributed by atoms with E-state index in [1.165, 1.54) is 12.1 Å². The van der Waals surface area contributed by atoms with Gasteiger partial charge in [0.05, 0.1) is 11.7 Å². The Bertz CT molecular complexity index is 530. The van der Waals surface area contributed by atoms with Crippen molar-refractivity contribution in [3.8, 4) is 5.75 Å². The van der Waals surface area contributed by atoms with Gasteiger partial charge in [-0.3, -0.25) is 9.59 Å². The molecule has 0 aromatic heterocycles. The maximum Gasteiger partial charge on any atom is 0.258 e. The molecule has 0 saturated carbocycles. The first-order valence-electron chi connectivity index (χ1n) is 6.66. The molecular weight excluding hydrogens is 296 g/mol. The summed E-state index contributed by atoms with van der Waals surface area (Å²) in [5.41, 5.74) is 5.38. The van der Waals surface area contributed by atoms with Crippen molar-refractivity contribution in [2.75, 3.05) is 19.8 Å². The van der Waals surface area contributed by atoms with E-state index < -0.39 is 5.91 Å². The number of hydrogen-bond donors (Lipinski definition) is 2. The fraction of sp³-hybridized carbons (Fsp3) is 0.429. The SMILES string of the molecule is NC(=O)c1cc(Cl)ccc1OCC(=O)NC[C@@H]1CCCO1. The van der Waals surface area contributed by atoms with Crippen LogP contribution in [0, 0.1) is 0 Å². The summed E-state index contributed by atoms with van der Waals surface area (Å²) in [5, 5.41) is 3.10. The molecule has 0 radical (unpaired) electrons. The number of primary amides is 1. The van der Waals surface area contributed by atoms with E-state index in [2.05, 4.69) is 5.32 Å². The Labute approximate surface area is 127 Å². The van der Waals surface area contributed by atoms with E-state index >= 15 is 0 Å². The monoisotopic (exact) mass is 312 g/mol. The molecule has 0 aliphatic carbocycles. The van der Waals surface area contributed by atoms with Gasteiger partial charge in [0.25, 0.3) is 11.8 Å². The first-order valence-corrected chi connectivity index (χ1v) is 7.04. The van der Waals surface area contributed by atoms with E-state index in [9.17, 15) is 9.59 Å². The molecule has 1 fully saturated rings. The van der Waals surface area contributed by atoms with Crippen LogP contribution in [0.25, 0.3) is 0 Å². The van der Waals surface area contributed by atoms with Gasteiger partial charge in [-0.25, -0.2) is 0 Å². The lowest BCUT2D eigenvalue weighted by molar-refractivity contribution is -0.123. The number of amides is 2. The normalized spacial score (nSPS) is 17.5. The van der Waals surface area contributed by atoms with Crippen molar-refractivity contribution in [3.05, 3.63) is 28.8 Å². The van der Waals surface area contributed by atoms with Gasteiger partial charge < -0.3 is 20.5 Å². The third kappa shape index (κ3) is 4.61. The van der Waals surface area contributed by atoms with Gasteiger partial charge in [-0.05, 0) is 31.0 Å². The molecule has 0 unspecified atom stereocenters. The molecule has 21 heavy (non-hydrogen) atoms. The van der Waals surface area contributed by atoms with Crippen LogP contribution in [0.2, 0.25) is 5.02 Å². The highest BCUT2D eigenvalue weighted by atomic mass is 35.5. The Morgan fingerprint density at radius 3 is 2.95 bits per heavy atom. The number of carbonyl (C=O) groups excluding carboxylic acids is 2. The second kappa shape index (κ2) is 7.28. The van der Waals surface area contributed by atoms with E-state index in [4.69, 9.17) is 26.8 Å². The second-order valence-electron chi connectivity index (χ2n) is 4.73. The predicted octanol–water partition coefficient (Wildman–Crippen LogP) is 1.11. The lowest BCUT2D eigenvalue weighted by Crippen LogP contribution is -2.35. The van der Waals surface area contributed by atoms with E-state index in [0.29, 0.717) is 11.6 Å². The van der Waals surface area contributed by atoms with Gasteiger partial charge in [-0.15, -0.1) is 0 Å². The number of ether oxygens (including phenoxy) is 2. The maximum absolute atomic E-state index is 11.7. The standard InChI is InChI=1S/C14H17ClN2O4/c15-9-3-4-12(11(6-9)14(16)19)21-8-13(18)17-7-10-2-1-5-20-10/h3-4,6,10H,1-2,5,7-8H2,(H2,16,19)(H,17,18)/t10-/m0/s1. The van der Waals surface area contributed by atoms with Gasteiger partial charge in [-0.2, -0.15) is 0 Å². The molecule has 1 aliphatic rings. The molecule has 7 heteroatoms. The van der Waals surface area contributed by atoms with E-state index in [-0.39, 0.29) is 29.9 Å². The van der Waals surface area contributed by atoms with Crippen LogP contribution in [-0.2, 0) is 9.53 Å². The average Bonchev–Trinajstić information content (AvgIpc) is 2.97. The molecule has 0 spiro atoms. The molecule has 1 saturated heterocycles. The molecule has 1 aromatic carbocycles. The highest BCUT2D eigenvalue weighted by Crippen LogP contribution is 2.22. The maximum atomic E-state index is 11.7. The van der Waals surface area contributed by atoms with Crippen LogP contribution in [0.3, 0.4) is 0 Å². The quantitative estimate of drug-likeness (QED) is 0.823. The van der Waals surface area contributed by atoms with E-state index in [1.54, 1.807) is 6.07 Å². The second-order valence-corrected chi connectivity index (χ2v) is 5.17. The molecule has 1 heterocycles. The van der Waals surface area contributed by atoms with Gasteiger partial charge in [0.15, 0.2) is 6.61 Å². The number of rotatable bonds is 6. The summed E-state index contributed by atoms with van der Waals surface area (Å²) in [5.74, 6) is -0.706. The largest absolute Gasteiger partial charge is 0.483 e. The fourth-order valence-electron chi connectivity index (χ4n) is 2.05. The lowest BCUT2D eigenvalue weighted by atomic mass is 10.2. The molecular formula is C14H17ClN2O4. The summed E-state index contributed by atoms with van der Waals surface area (Å²) in [7, 11) is 0. The zero-order valence-electron chi connectivity index (χ0n) is 11.4. The number of nitrogens with one attached hydrogen (secondary N) is 1. The molecule has 1 atom stereocenters. The minimum absolute atomic E-state index is 0.0747. The molecule has 0 bridgehead atoms. The first-order chi connectivity index (χ1) is 10.1. The number of halogens is 1. The van der Waals surface area contributed by atoms with Crippen LogP contribution in [0.5, 0.6) is 5.75 Å². The highest BCUT2D eigenvalue weighted by molar-refractivity contribution is 6.31. The summed E-state index contributed by atoms with van der Waals surface area (Å²) in [6, 6.07) is 4.48. The van der Waals surface area contributed by atoms with Crippen molar-refractivity contribution in [1.29, 1.82) is 0 Å². The summed E-state index contributed by atoms with van der Waals surface area (Å²) >= 11 is 5.79. The Hall–Kier alpha value is -1.79. The van der Waals surface area contributed by atoms with Crippen LogP contribution in [0.15, 0.2) is 18.2 Å². The van der Waals surface area contributed by atoms with Crippen LogP contribution >= 0.6 is 11.6 Å². The summed E-state index contributed by atoms with van der Waals surface area (Å²) in [6.45, 7) is 1.00. The van der Waals surface area contributed by atoms with Crippen molar-refractivity contribution in [3.63, 3.8) is 0 Å². The molecule has 1 aliphatic heterocycles. The Balaban J connectivity index is 1.84. The lowest BCUT2D eigenvalue weighted by Gasteiger charge is -2.12. The zero-order chi connectivity index (χ0) is 15.2. The molecule has 114 valence electrons. The van der Waals surface area contributed by atoms with Crippen LogP contribution in [-0.4, -0.2) is 37.7 Å². The third-order valence-corrected chi connectivity index (χ3v) is 3.35. The van der Waals surface area contributed by atoms with E-state index in [1.807, 2.05) is 0 Å².